The highest BCUT2D eigenvalue weighted by Crippen LogP contribution is 2.31. The minimum atomic E-state index is -0.504. The summed E-state index contributed by atoms with van der Waals surface area (Å²) >= 11 is 0. The second kappa shape index (κ2) is 7.58. The number of aliphatic imine (C=N–C) groups is 2. The molecule has 1 rings (SSSR count). The van der Waals surface area contributed by atoms with Gasteiger partial charge in [0, 0.05) is 6.07 Å². The van der Waals surface area contributed by atoms with Crippen LogP contribution in [0.1, 0.15) is 0 Å². The van der Waals surface area contributed by atoms with Gasteiger partial charge in [0.05, 0.1) is 14.2 Å². The maximum atomic E-state index is 11.0. The number of guanidine groups is 2. The smallest absolute Gasteiger partial charge is 0.343 e. The third-order valence-electron chi connectivity index (χ3n) is 2.21. The summed E-state index contributed by atoms with van der Waals surface area (Å²) in [5, 5.41) is 0. The normalized spacial score (nSPS) is 10.7. The molecule has 0 aromatic heterocycles. The van der Waals surface area contributed by atoms with E-state index in [0.29, 0.717) is 17.2 Å². The first-order chi connectivity index (χ1) is 9.96. The van der Waals surface area contributed by atoms with Crippen molar-refractivity contribution in [3.8, 4) is 11.5 Å². The predicted octanol–water partition coefficient (Wildman–Crippen LogP) is -0.533. The highest BCUT2D eigenvalue weighted by molar-refractivity contribution is 5.94. The van der Waals surface area contributed by atoms with Crippen molar-refractivity contribution < 1.29 is 19.0 Å². The van der Waals surface area contributed by atoms with E-state index in [2.05, 4.69) is 14.7 Å². The Kier molecular flexibility index (Phi) is 5.80. The number of ether oxygens (including phenoxy) is 3. The first-order valence-electron chi connectivity index (χ1n) is 5.77. The fourth-order valence-electron chi connectivity index (χ4n) is 1.33. The number of nitrogens with two attached hydrogens (primary N) is 3. The molecule has 0 bridgehead atoms. The third kappa shape index (κ3) is 5.27. The predicted molar refractivity (Wildman–Crippen MR) is 77.6 cm³/mol. The van der Waals surface area contributed by atoms with Crippen LogP contribution in [0, 0.1) is 0 Å². The first-order valence-corrected chi connectivity index (χ1v) is 5.77. The molecule has 0 aliphatic heterocycles. The molecule has 0 aliphatic carbocycles. The number of methoxy groups -OCH3 is 2. The lowest BCUT2D eigenvalue weighted by molar-refractivity contribution is -0.142. The summed E-state index contributed by atoms with van der Waals surface area (Å²) in [7, 11) is 2.74. The molecule has 0 spiro atoms. The molecular weight excluding hydrogens is 278 g/mol. The summed E-state index contributed by atoms with van der Waals surface area (Å²) in [6.45, 7) is -0.227. The van der Waals surface area contributed by atoms with Crippen LogP contribution in [0.2, 0.25) is 0 Å². The summed E-state index contributed by atoms with van der Waals surface area (Å²) < 4.78 is 14.8. The zero-order valence-electron chi connectivity index (χ0n) is 11.7. The summed E-state index contributed by atoms with van der Waals surface area (Å²) in [5.74, 6) is -0.0331. The number of rotatable bonds is 5. The second-order valence-corrected chi connectivity index (χ2v) is 3.71. The molecule has 0 radical (unpaired) electrons. The Morgan fingerprint density at radius 1 is 1.24 bits per heavy atom. The molecule has 21 heavy (non-hydrogen) atoms. The van der Waals surface area contributed by atoms with Crippen LogP contribution in [0.3, 0.4) is 0 Å². The quantitative estimate of drug-likeness (QED) is 0.375. The van der Waals surface area contributed by atoms with Gasteiger partial charge >= 0.3 is 5.97 Å². The highest BCUT2D eigenvalue weighted by Gasteiger charge is 2.07. The Hall–Kier alpha value is -2.97. The molecule has 0 fully saturated rings. The molecule has 114 valence electrons. The lowest BCUT2D eigenvalue weighted by Gasteiger charge is -2.08. The molecular formula is C12H17N5O4. The molecule has 0 atom stereocenters. The van der Waals surface area contributed by atoms with Gasteiger partial charge in [0.2, 0.25) is 5.96 Å². The van der Waals surface area contributed by atoms with E-state index in [9.17, 15) is 4.79 Å². The van der Waals surface area contributed by atoms with Gasteiger partial charge < -0.3 is 31.4 Å². The molecule has 0 unspecified atom stereocenters. The number of nitrogens with zero attached hydrogens (tertiary/aromatic N) is 2. The van der Waals surface area contributed by atoms with Crippen molar-refractivity contribution in [3.05, 3.63) is 18.2 Å². The van der Waals surface area contributed by atoms with Crippen molar-refractivity contribution in [2.24, 2.45) is 27.2 Å². The molecule has 6 N–H and O–H groups in total. The Bertz CT molecular complexity index is 567. The zero-order valence-corrected chi connectivity index (χ0v) is 11.7. The van der Waals surface area contributed by atoms with E-state index in [-0.39, 0.29) is 18.5 Å². The van der Waals surface area contributed by atoms with E-state index in [1.54, 1.807) is 12.1 Å². The van der Waals surface area contributed by atoms with Gasteiger partial charge in [-0.1, -0.05) is 0 Å². The number of carbonyl (C=O) groups is 1. The number of hydrogen-bond acceptors (Lipinski definition) is 5. The third-order valence-corrected chi connectivity index (χ3v) is 2.21. The molecule has 0 amide bonds. The van der Waals surface area contributed by atoms with Crippen LogP contribution in [-0.2, 0) is 9.53 Å². The van der Waals surface area contributed by atoms with Crippen LogP contribution in [0.15, 0.2) is 28.2 Å². The van der Waals surface area contributed by atoms with Gasteiger partial charge in [0.1, 0.15) is 17.2 Å². The van der Waals surface area contributed by atoms with Crippen molar-refractivity contribution >= 4 is 23.6 Å². The molecule has 0 saturated heterocycles. The molecule has 1 aromatic rings. The molecule has 1 aromatic carbocycles. The van der Waals surface area contributed by atoms with Crippen LogP contribution >= 0.6 is 0 Å². The van der Waals surface area contributed by atoms with E-state index in [1.165, 1.54) is 20.3 Å². The molecule has 0 saturated carbocycles. The number of benzene rings is 1. The van der Waals surface area contributed by atoms with Crippen molar-refractivity contribution in [2.75, 3.05) is 20.8 Å². The van der Waals surface area contributed by atoms with Crippen LogP contribution in [-0.4, -0.2) is 38.7 Å². The molecule has 0 aliphatic rings. The lowest BCUT2D eigenvalue weighted by atomic mass is 10.3. The maximum absolute atomic E-state index is 11.0. The topological polar surface area (TPSA) is 148 Å². The lowest BCUT2D eigenvalue weighted by Crippen LogP contribution is -2.26. The van der Waals surface area contributed by atoms with Crippen LogP contribution in [0.5, 0.6) is 11.5 Å². The minimum Gasteiger partial charge on any atom is -0.494 e. The van der Waals surface area contributed by atoms with E-state index in [1.807, 2.05) is 0 Å². The van der Waals surface area contributed by atoms with Gasteiger partial charge in [0.15, 0.2) is 12.6 Å². The van der Waals surface area contributed by atoms with Gasteiger partial charge in [0.25, 0.3) is 0 Å². The number of hydrogen-bond donors (Lipinski definition) is 3. The second-order valence-electron chi connectivity index (χ2n) is 3.71. The number of carbonyl (C=O) groups excluding carboxylic acids is 1. The first kappa shape index (κ1) is 16.1. The largest absolute Gasteiger partial charge is 0.494 e. The summed E-state index contributed by atoms with van der Waals surface area (Å²) in [5.41, 5.74) is 16.3. The van der Waals surface area contributed by atoms with Crippen molar-refractivity contribution in [3.63, 3.8) is 0 Å². The average molecular weight is 295 g/mol. The van der Waals surface area contributed by atoms with E-state index in [0.717, 1.165) is 0 Å². The Morgan fingerprint density at radius 3 is 2.52 bits per heavy atom. The fourth-order valence-corrected chi connectivity index (χ4v) is 1.33. The van der Waals surface area contributed by atoms with Gasteiger partial charge in [-0.15, -0.1) is 0 Å². The van der Waals surface area contributed by atoms with Crippen molar-refractivity contribution in [1.82, 2.24) is 0 Å². The number of esters is 1. The zero-order chi connectivity index (χ0) is 15.8. The van der Waals surface area contributed by atoms with E-state index in [4.69, 9.17) is 26.7 Å². The Morgan fingerprint density at radius 2 is 1.95 bits per heavy atom. The van der Waals surface area contributed by atoms with Crippen molar-refractivity contribution in [2.45, 2.75) is 0 Å². The van der Waals surface area contributed by atoms with Gasteiger partial charge in [-0.2, -0.15) is 4.99 Å². The average Bonchev–Trinajstić information content (AvgIpc) is 2.44. The van der Waals surface area contributed by atoms with Gasteiger partial charge in [-0.3, -0.25) is 0 Å². The maximum Gasteiger partial charge on any atom is 0.343 e. The summed E-state index contributed by atoms with van der Waals surface area (Å²) in [6, 6.07) is 4.74. The SMILES string of the molecule is COC(=O)COc1ccc(OC)c(N=C(N)N=C(N)N)c1. The Labute approximate surface area is 121 Å². The standard InChI is InChI=1S/C12H17N5O4/c1-19-9-4-3-7(21-6-10(18)20-2)5-8(9)16-12(15)17-11(13)14/h3-5H,6H2,1-2H3,(H6,13,14,15,16,17). The van der Waals surface area contributed by atoms with Crippen LogP contribution in [0.4, 0.5) is 5.69 Å². The molecule has 9 nitrogen and oxygen atoms in total. The fraction of sp³-hybridized carbons (Fsp3) is 0.250. The van der Waals surface area contributed by atoms with Crippen LogP contribution < -0.4 is 26.7 Å². The monoisotopic (exact) mass is 295 g/mol. The van der Waals surface area contributed by atoms with E-state index >= 15 is 0 Å². The van der Waals surface area contributed by atoms with Gasteiger partial charge in [-0.05, 0) is 12.1 Å². The van der Waals surface area contributed by atoms with Gasteiger partial charge in [-0.25, -0.2) is 9.79 Å². The summed E-state index contributed by atoms with van der Waals surface area (Å²) in [4.78, 5) is 18.6. The molecule has 9 heteroatoms. The molecule has 0 heterocycles. The Balaban J connectivity index is 3.00. The van der Waals surface area contributed by atoms with Crippen molar-refractivity contribution in [1.29, 1.82) is 0 Å². The van der Waals surface area contributed by atoms with E-state index < -0.39 is 5.97 Å². The highest BCUT2D eigenvalue weighted by atomic mass is 16.6. The minimum absolute atomic E-state index is 0.140. The van der Waals surface area contributed by atoms with Crippen LogP contribution in [0.25, 0.3) is 0 Å². The summed E-state index contributed by atoms with van der Waals surface area (Å²) in [6.07, 6.45) is 0.